The van der Waals surface area contributed by atoms with E-state index in [0.29, 0.717) is 0 Å². The topological polar surface area (TPSA) is 190 Å². The molecule has 0 radical (unpaired) electrons. The Balaban J connectivity index is -0.00000000312. The van der Waals surface area contributed by atoms with Crippen LogP contribution in [0.15, 0.2) is 0 Å². The van der Waals surface area contributed by atoms with Gasteiger partial charge in [0.05, 0.1) is 0 Å². The van der Waals surface area contributed by atoms with E-state index in [1.807, 2.05) is 0 Å². The van der Waals surface area contributed by atoms with Crippen LogP contribution in [0.1, 0.15) is 8.56 Å². The van der Waals surface area contributed by atoms with Crippen LogP contribution in [0.4, 0.5) is 0 Å². The third kappa shape index (κ3) is 831. The Bertz CT molecular complexity index is 153. The van der Waals surface area contributed by atoms with Crippen molar-refractivity contribution in [3.05, 3.63) is 0 Å². The van der Waals surface area contributed by atoms with Gasteiger partial charge in [-0.2, -0.15) is 0 Å². The second kappa shape index (κ2) is 50.4. The Labute approximate surface area is 194 Å². The molecule has 0 unspecified atom stereocenters. The van der Waals surface area contributed by atoms with E-state index in [0.717, 1.165) is 0 Å². The summed E-state index contributed by atoms with van der Waals surface area (Å²) in [6, 6.07) is 0. The van der Waals surface area contributed by atoms with Gasteiger partial charge in [0.1, 0.15) is 0 Å². The molecule has 0 saturated carbocycles. The molecule has 0 aromatic carbocycles. The number of rotatable bonds is 0. The van der Waals surface area contributed by atoms with Crippen LogP contribution in [0.5, 0.6) is 0 Å². The summed E-state index contributed by atoms with van der Waals surface area (Å²) in [5, 5.41) is 0. The zero-order valence-electron chi connectivity index (χ0n) is 15.7. The van der Waals surface area contributed by atoms with Gasteiger partial charge in [-0.1, -0.05) is 0 Å². The summed E-state index contributed by atoms with van der Waals surface area (Å²) in [5.74, 6) is 0. The normalized spacial score (nSPS) is 4.00. The van der Waals surface area contributed by atoms with Crippen LogP contribution in [0, 0.1) is 0 Å². The van der Waals surface area contributed by atoms with Crippen LogP contribution in [0.2, 0.25) is 0 Å². The van der Waals surface area contributed by atoms with Gasteiger partial charge in [0.25, 0.3) is 0 Å². The molecule has 0 aromatic rings. The van der Waals surface area contributed by atoms with Crippen molar-refractivity contribution in [2.24, 2.45) is 0 Å². The van der Waals surface area contributed by atoms with E-state index in [-0.39, 0.29) is 127 Å². The molecule has 0 spiro atoms. The molecule has 9 nitrogen and oxygen atoms in total. The van der Waals surface area contributed by atoms with Gasteiger partial charge in [-0.05, 0) is 0 Å². The molecule has 0 aromatic heterocycles. The Morgan fingerprint density at radius 2 is 0.556 bits per heavy atom. The van der Waals surface area contributed by atoms with Gasteiger partial charge in [0.2, 0.25) is 0 Å². The minimum Gasteiger partial charge on any atom is -1.00 e. The Hall–Kier alpha value is 2.64. The Morgan fingerprint density at radius 1 is 0.556 bits per heavy atom. The average Bonchev–Trinajstić information content (AvgIpc) is 1.54. The van der Waals surface area contributed by atoms with Crippen molar-refractivity contribution in [1.29, 1.82) is 0 Å². The van der Waals surface area contributed by atoms with Crippen molar-refractivity contribution in [2.45, 2.75) is 0 Å². The molecule has 0 aliphatic heterocycles. The fraction of sp³-hybridized carbons (Fsp3) is 0. The minimum absolute atomic E-state index is 0. The van der Waals surface area contributed by atoms with E-state index < -0.39 is 27.5 Å². The molecule has 84 valence electrons. The first-order chi connectivity index (χ1) is 5.20. The fourth-order valence-electron chi connectivity index (χ4n) is 0. The molecule has 0 N–H and O–H groups in total. The van der Waals surface area contributed by atoms with Crippen molar-refractivity contribution in [2.75, 3.05) is 0 Å². The first kappa shape index (κ1) is 58.8. The molecule has 18 heavy (non-hydrogen) atoms. The number of hydrogen-bond acceptors (Lipinski definition) is 9. The molecule has 0 rings (SSSR count). The van der Waals surface area contributed by atoms with E-state index >= 15 is 0 Å². The van der Waals surface area contributed by atoms with Gasteiger partial charge in [0.15, 0.2) is 0 Å². The zero-order chi connectivity index (χ0) is 10.7. The maximum absolute atomic E-state index is 8.52. The standard InChI is InChI=1S/2Al.2Li.2Mg.3O3Si.6H/c;;;;;;3*1-4(2)3;;;;;;/q2*+3;2*+1;2*+2;3*-2;6*-1. The largest absolute Gasteiger partial charge is 3.00 e. The summed E-state index contributed by atoms with van der Waals surface area (Å²) in [5.41, 5.74) is 0. The third-order valence-electron chi connectivity index (χ3n) is 0. The Morgan fingerprint density at radius 3 is 0.556 bits per heavy atom. The van der Waals surface area contributed by atoms with E-state index in [2.05, 4.69) is 0 Å². The van der Waals surface area contributed by atoms with Crippen LogP contribution in [0.25, 0.3) is 0 Å². The summed E-state index contributed by atoms with van der Waals surface area (Å²) >= 11 is 0. The van der Waals surface area contributed by atoms with Crippen LogP contribution in [-0.4, -0.2) is 108 Å². The van der Waals surface area contributed by atoms with Crippen molar-refractivity contribution in [1.82, 2.24) is 0 Å². The van der Waals surface area contributed by atoms with Crippen LogP contribution >= 0.6 is 0 Å². The first-order valence-corrected chi connectivity index (χ1v) is 5.51. The summed E-state index contributed by atoms with van der Waals surface area (Å²) in [6.07, 6.45) is 0. The molecule has 0 amide bonds. The van der Waals surface area contributed by atoms with E-state index in [4.69, 9.17) is 42.2 Å². The molecule has 0 saturated heterocycles. The third-order valence-corrected chi connectivity index (χ3v) is 0. The summed E-state index contributed by atoms with van der Waals surface area (Å²) in [4.78, 5) is 51.1. The van der Waals surface area contributed by atoms with Crippen molar-refractivity contribution in [3.63, 3.8) is 0 Å². The maximum atomic E-state index is 8.52. The minimum atomic E-state index is -3.63. The molecule has 0 aliphatic carbocycles. The van der Waals surface area contributed by atoms with Gasteiger partial charge < -0.3 is 50.7 Å². The molecule has 0 atom stereocenters. The van der Waals surface area contributed by atoms with Gasteiger partial charge in [-0.15, -0.1) is 0 Å². The molecular formula is H6Al2Li2Mg2O9Si3. The fourth-order valence-corrected chi connectivity index (χ4v) is 0. The predicted molar refractivity (Wildman–Crippen MR) is 49.0 cm³/mol. The molecular weight excluding hydrogens is 345 g/mol. The van der Waals surface area contributed by atoms with Crippen LogP contribution in [-0.2, 0) is 13.4 Å². The second-order valence-electron chi connectivity index (χ2n) is 0.750. The monoisotopic (exact) mass is 350 g/mol. The van der Waals surface area contributed by atoms with Gasteiger partial charge in [0, 0.05) is 27.5 Å². The van der Waals surface area contributed by atoms with Gasteiger partial charge in [-0.25, -0.2) is 0 Å². The predicted octanol–water partition coefficient (Wildman–Crippen LogP) is -15.5. The smallest absolute Gasteiger partial charge is 1.00 e. The van der Waals surface area contributed by atoms with Crippen molar-refractivity contribution >= 4 is 108 Å². The van der Waals surface area contributed by atoms with E-state index in [9.17, 15) is 0 Å². The summed E-state index contributed by atoms with van der Waals surface area (Å²) in [6.45, 7) is 0. The molecule has 0 fully saturated rings. The second-order valence-corrected chi connectivity index (χ2v) is 2.25. The maximum Gasteiger partial charge on any atom is 3.00 e. The van der Waals surface area contributed by atoms with Crippen molar-refractivity contribution in [3.8, 4) is 0 Å². The van der Waals surface area contributed by atoms with Gasteiger partial charge in [-0.3, -0.25) is 0 Å². The Kier molecular flexibility index (Phi) is 164. The quantitative estimate of drug-likeness (QED) is 0.381. The van der Waals surface area contributed by atoms with Crippen LogP contribution < -0.4 is 66.5 Å². The number of hydrogen-bond donors (Lipinski definition) is 0. The summed E-state index contributed by atoms with van der Waals surface area (Å²) < 4.78 is 25.6. The zero-order valence-corrected chi connectivity index (χ0v) is 17.9. The molecule has 18 heteroatoms. The van der Waals surface area contributed by atoms with E-state index in [1.54, 1.807) is 0 Å². The summed E-state index contributed by atoms with van der Waals surface area (Å²) in [7, 11) is -10.9. The van der Waals surface area contributed by atoms with E-state index in [1.165, 1.54) is 0 Å². The van der Waals surface area contributed by atoms with Crippen LogP contribution in [0.3, 0.4) is 0 Å². The van der Waals surface area contributed by atoms with Gasteiger partial charge >= 0.3 is 119 Å². The average molecular weight is 351 g/mol. The SMILES string of the molecule is O=[Si]([O-])[O-].O=[Si]([O-])[O-].O=[Si]([O-])[O-].[Al+3].[Al+3].[H-].[H-].[H-].[H-].[H-].[H-].[Li+].[Li+].[Mg+2].[Mg+2]. The first-order valence-electron chi connectivity index (χ1n) is 1.84. The molecule has 0 heterocycles. The molecule has 0 aliphatic rings. The van der Waals surface area contributed by atoms with Crippen molar-refractivity contribution < 1.29 is 88.4 Å². The molecule has 0 bridgehead atoms.